The van der Waals surface area contributed by atoms with Gasteiger partial charge in [-0.15, -0.1) is 0 Å². The van der Waals surface area contributed by atoms with Crippen LogP contribution in [0.5, 0.6) is 0 Å². The van der Waals surface area contributed by atoms with Gasteiger partial charge in [0.2, 0.25) is 11.8 Å². The smallest absolute Gasteiger partial charge is 0.242 e. The lowest BCUT2D eigenvalue weighted by Gasteiger charge is -2.37. The van der Waals surface area contributed by atoms with Gasteiger partial charge in [-0.3, -0.25) is 9.59 Å². The minimum absolute atomic E-state index is 0.0438. The second kappa shape index (κ2) is 5.26. The summed E-state index contributed by atoms with van der Waals surface area (Å²) in [6, 6.07) is 0. The van der Waals surface area contributed by atoms with Crippen molar-refractivity contribution < 1.29 is 9.59 Å². The van der Waals surface area contributed by atoms with Gasteiger partial charge in [0, 0.05) is 20.1 Å². The maximum atomic E-state index is 12.5. The number of hydrogen-bond donors (Lipinski definition) is 2. The lowest BCUT2D eigenvalue weighted by atomic mass is 9.93. The predicted molar refractivity (Wildman–Crippen MR) is 69.0 cm³/mol. The highest BCUT2D eigenvalue weighted by Gasteiger charge is 2.40. The number of amides is 2. The molecule has 18 heavy (non-hydrogen) atoms. The molecule has 0 radical (unpaired) electrons. The van der Waals surface area contributed by atoms with Crippen LogP contribution in [0.2, 0.25) is 0 Å². The minimum Gasteiger partial charge on any atom is -0.359 e. The number of carbonyl (C=O) groups is 2. The van der Waals surface area contributed by atoms with E-state index in [4.69, 9.17) is 0 Å². The summed E-state index contributed by atoms with van der Waals surface area (Å²) in [6.07, 6.45) is 3.75. The van der Waals surface area contributed by atoms with Crippen LogP contribution in [-0.2, 0) is 9.59 Å². The molecule has 2 aliphatic heterocycles. The van der Waals surface area contributed by atoms with Crippen LogP contribution in [0.3, 0.4) is 0 Å². The Labute approximate surface area is 108 Å². The SMILES string of the molecule is CNC(=O)C1CCCN(C(=O)C2(C)CCCN2)C1. The second-order valence-corrected chi connectivity index (χ2v) is 5.57. The van der Waals surface area contributed by atoms with Crippen molar-refractivity contribution in [3.05, 3.63) is 0 Å². The van der Waals surface area contributed by atoms with Crippen molar-refractivity contribution in [3.8, 4) is 0 Å². The number of rotatable bonds is 2. The number of likely N-dealkylation sites (tertiary alicyclic amines) is 1. The first-order valence-electron chi connectivity index (χ1n) is 6.83. The van der Waals surface area contributed by atoms with E-state index >= 15 is 0 Å². The third kappa shape index (κ3) is 2.51. The minimum atomic E-state index is -0.412. The molecule has 2 N–H and O–H groups in total. The van der Waals surface area contributed by atoms with Crippen molar-refractivity contribution in [2.45, 2.75) is 38.1 Å². The van der Waals surface area contributed by atoms with Crippen LogP contribution in [-0.4, -0.2) is 48.9 Å². The molecule has 0 aliphatic carbocycles. The third-order valence-corrected chi connectivity index (χ3v) is 4.17. The Bertz CT molecular complexity index is 337. The van der Waals surface area contributed by atoms with Gasteiger partial charge in [0.25, 0.3) is 0 Å². The van der Waals surface area contributed by atoms with Gasteiger partial charge in [0.15, 0.2) is 0 Å². The first kappa shape index (κ1) is 13.3. The zero-order chi connectivity index (χ0) is 13.2. The van der Waals surface area contributed by atoms with Gasteiger partial charge in [0.05, 0.1) is 11.5 Å². The molecular weight excluding hydrogens is 230 g/mol. The Balaban J connectivity index is 2.00. The quantitative estimate of drug-likeness (QED) is 0.734. The molecule has 2 atom stereocenters. The van der Waals surface area contributed by atoms with Gasteiger partial charge >= 0.3 is 0 Å². The van der Waals surface area contributed by atoms with Gasteiger partial charge in [-0.1, -0.05) is 0 Å². The molecule has 0 aromatic carbocycles. The molecule has 0 bridgehead atoms. The lowest BCUT2D eigenvalue weighted by molar-refractivity contribution is -0.140. The van der Waals surface area contributed by atoms with Gasteiger partial charge in [-0.25, -0.2) is 0 Å². The van der Waals surface area contributed by atoms with Gasteiger partial charge in [-0.05, 0) is 39.2 Å². The predicted octanol–water partition coefficient (Wildman–Crippen LogP) is 0.113. The first-order chi connectivity index (χ1) is 8.57. The molecule has 102 valence electrons. The van der Waals surface area contributed by atoms with Crippen molar-refractivity contribution >= 4 is 11.8 Å². The topological polar surface area (TPSA) is 61.4 Å². The molecule has 2 fully saturated rings. The zero-order valence-corrected chi connectivity index (χ0v) is 11.3. The maximum absolute atomic E-state index is 12.5. The van der Waals surface area contributed by atoms with Crippen molar-refractivity contribution in [3.63, 3.8) is 0 Å². The van der Waals surface area contributed by atoms with Gasteiger partial charge in [0.1, 0.15) is 0 Å². The van der Waals surface area contributed by atoms with E-state index in [1.165, 1.54) is 0 Å². The summed E-state index contributed by atoms with van der Waals surface area (Å²) in [7, 11) is 1.66. The zero-order valence-electron chi connectivity index (χ0n) is 11.3. The van der Waals surface area contributed by atoms with E-state index < -0.39 is 5.54 Å². The summed E-state index contributed by atoms with van der Waals surface area (Å²) >= 11 is 0. The number of carbonyl (C=O) groups excluding carboxylic acids is 2. The Hall–Kier alpha value is -1.10. The van der Waals surface area contributed by atoms with Crippen LogP contribution in [0, 0.1) is 5.92 Å². The van der Waals surface area contributed by atoms with Crippen molar-refractivity contribution in [2.24, 2.45) is 5.92 Å². The average Bonchev–Trinajstić information content (AvgIpc) is 2.85. The molecule has 0 aromatic heterocycles. The summed E-state index contributed by atoms with van der Waals surface area (Å²) in [5.41, 5.74) is -0.412. The van der Waals surface area contributed by atoms with Crippen LogP contribution >= 0.6 is 0 Å². The van der Waals surface area contributed by atoms with Crippen LogP contribution in [0.25, 0.3) is 0 Å². The van der Waals surface area contributed by atoms with Crippen LogP contribution in [0.15, 0.2) is 0 Å². The molecule has 2 aliphatic rings. The number of nitrogens with zero attached hydrogens (tertiary/aromatic N) is 1. The average molecular weight is 253 g/mol. The van der Waals surface area contributed by atoms with Crippen molar-refractivity contribution in [2.75, 3.05) is 26.7 Å². The van der Waals surface area contributed by atoms with Crippen LogP contribution < -0.4 is 10.6 Å². The highest BCUT2D eigenvalue weighted by molar-refractivity contribution is 5.87. The van der Waals surface area contributed by atoms with E-state index in [-0.39, 0.29) is 17.7 Å². The van der Waals surface area contributed by atoms with Crippen molar-refractivity contribution in [1.82, 2.24) is 15.5 Å². The fourth-order valence-corrected chi connectivity index (χ4v) is 3.01. The Morgan fingerprint density at radius 2 is 2.17 bits per heavy atom. The second-order valence-electron chi connectivity index (χ2n) is 5.57. The Morgan fingerprint density at radius 1 is 1.39 bits per heavy atom. The molecule has 0 saturated carbocycles. The molecule has 2 rings (SSSR count). The summed E-state index contributed by atoms with van der Waals surface area (Å²) in [4.78, 5) is 26.0. The normalized spacial score (nSPS) is 32.3. The molecule has 2 amide bonds. The summed E-state index contributed by atoms with van der Waals surface area (Å²) in [6.45, 7) is 4.24. The van der Waals surface area contributed by atoms with E-state index in [0.29, 0.717) is 6.54 Å². The largest absolute Gasteiger partial charge is 0.359 e. The fraction of sp³-hybridized carbons (Fsp3) is 0.846. The standard InChI is InChI=1S/C13H23N3O2/c1-13(6-4-7-15-13)12(18)16-8-3-5-10(9-16)11(17)14-2/h10,15H,3-9H2,1-2H3,(H,14,17). The summed E-state index contributed by atoms with van der Waals surface area (Å²) in [5.74, 6) is 0.170. The number of hydrogen-bond acceptors (Lipinski definition) is 3. The molecular formula is C13H23N3O2. The first-order valence-corrected chi connectivity index (χ1v) is 6.83. The number of nitrogens with one attached hydrogen (secondary N) is 2. The van der Waals surface area contributed by atoms with E-state index in [2.05, 4.69) is 10.6 Å². The highest BCUT2D eigenvalue weighted by Crippen LogP contribution is 2.25. The maximum Gasteiger partial charge on any atom is 0.242 e. The van der Waals surface area contributed by atoms with Crippen LogP contribution in [0.4, 0.5) is 0 Å². The molecule has 2 unspecified atom stereocenters. The van der Waals surface area contributed by atoms with Crippen LogP contribution in [0.1, 0.15) is 32.6 Å². The molecule has 2 saturated heterocycles. The van der Waals surface area contributed by atoms with Gasteiger partial charge in [-0.2, -0.15) is 0 Å². The van der Waals surface area contributed by atoms with E-state index in [1.54, 1.807) is 7.05 Å². The Kier molecular flexibility index (Phi) is 3.90. The Morgan fingerprint density at radius 3 is 2.78 bits per heavy atom. The lowest BCUT2D eigenvalue weighted by Crippen LogP contribution is -2.56. The van der Waals surface area contributed by atoms with Gasteiger partial charge < -0.3 is 15.5 Å². The molecule has 5 heteroatoms. The summed E-state index contributed by atoms with van der Waals surface area (Å²) < 4.78 is 0. The van der Waals surface area contributed by atoms with E-state index in [9.17, 15) is 9.59 Å². The fourth-order valence-electron chi connectivity index (χ4n) is 3.01. The monoisotopic (exact) mass is 253 g/mol. The third-order valence-electron chi connectivity index (χ3n) is 4.17. The van der Waals surface area contributed by atoms with Crippen molar-refractivity contribution in [1.29, 1.82) is 0 Å². The number of piperidine rings is 1. The molecule has 0 spiro atoms. The van der Waals surface area contributed by atoms with E-state index in [0.717, 1.165) is 38.8 Å². The molecule has 2 heterocycles. The highest BCUT2D eigenvalue weighted by atomic mass is 16.2. The summed E-state index contributed by atoms with van der Waals surface area (Å²) in [5, 5.41) is 5.98. The molecule has 0 aromatic rings. The van der Waals surface area contributed by atoms with E-state index in [1.807, 2.05) is 11.8 Å². The molecule has 5 nitrogen and oxygen atoms in total.